The molecule has 6 rings (SSSR count). The number of piperidine rings is 1. The van der Waals surface area contributed by atoms with Gasteiger partial charge in [0.25, 0.3) is 0 Å². The van der Waals surface area contributed by atoms with Gasteiger partial charge in [-0.05, 0) is 82.3 Å². The van der Waals surface area contributed by atoms with Crippen molar-refractivity contribution < 1.29 is 14.0 Å². The lowest BCUT2D eigenvalue weighted by atomic mass is 9.95. The first-order chi connectivity index (χ1) is 20.3. The third kappa shape index (κ3) is 5.79. The minimum Gasteiger partial charge on any atom is -0.337 e. The lowest BCUT2D eigenvalue weighted by Gasteiger charge is -2.41. The van der Waals surface area contributed by atoms with Gasteiger partial charge in [0.15, 0.2) is 0 Å². The van der Waals surface area contributed by atoms with Gasteiger partial charge >= 0.3 is 6.03 Å². The van der Waals surface area contributed by atoms with Crippen LogP contribution in [0.4, 0.5) is 20.6 Å². The monoisotopic (exact) mass is 572 g/mol. The van der Waals surface area contributed by atoms with E-state index in [1.54, 1.807) is 24.0 Å². The molecule has 42 heavy (non-hydrogen) atoms. The summed E-state index contributed by atoms with van der Waals surface area (Å²) in [6.07, 6.45) is 6.31. The summed E-state index contributed by atoms with van der Waals surface area (Å²) in [6.45, 7) is 8.61. The molecule has 222 valence electrons. The number of carbonyl (C=O) groups is 2. The SMILES string of the molecule is CC(=O)N1CCc2c(nc(C)n2C2C[C@H]3CC[C@@H](C2)N3CCCN(C(=O)Nc2ccc(C)cc2)c2ccc(F)cc2)C1. The average molecular weight is 573 g/mol. The number of imidazole rings is 1. The van der Waals surface area contributed by atoms with Gasteiger partial charge in [-0.25, -0.2) is 14.2 Å². The second-order valence-electron chi connectivity index (χ2n) is 12.1. The number of rotatable bonds is 7. The van der Waals surface area contributed by atoms with Crippen molar-refractivity contribution >= 4 is 23.3 Å². The summed E-state index contributed by atoms with van der Waals surface area (Å²) in [7, 11) is 0. The van der Waals surface area contributed by atoms with Crippen molar-refractivity contribution in [1.29, 1.82) is 0 Å². The predicted molar refractivity (Wildman–Crippen MR) is 162 cm³/mol. The smallest absolute Gasteiger partial charge is 0.326 e. The minimum absolute atomic E-state index is 0.116. The summed E-state index contributed by atoms with van der Waals surface area (Å²) in [6, 6.07) is 15.2. The van der Waals surface area contributed by atoms with Crippen LogP contribution < -0.4 is 10.2 Å². The van der Waals surface area contributed by atoms with Gasteiger partial charge in [-0.1, -0.05) is 17.7 Å². The molecule has 8 nitrogen and oxygen atoms in total. The molecule has 3 atom stereocenters. The van der Waals surface area contributed by atoms with E-state index in [0.717, 1.165) is 61.5 Å². The number of carbonyl (C=O) groups excluding carboxylic acids is 2. The molecule has 1 N–H and O–H groups in total. The molecule has 2 saturated heterocycles. The first-order valence-corrected chi connectivity index (χ1v) is 15.3. The number of fused-ring (bicyclic) bond motifs is 3. The molecule has 0 radical (unpaired) electrons. The maximum atomic E-state index is 13.7. The number of hydrogen-bond donors (Lipinski definition) is 1. The Balaban J connectivity index is 1.10. The van der Waals surface area contributed by atoms with E-state index in [9.17, 15) is 14.0 Å². The zero-order valence-electron chi connectivity index (χ0n) is 24.9. The van der Waals surface area contributed by atoms with Gasteiger partial charge in [0.05, 0.1) is 12.2 Å². The molecule has 2 fully saturated rings. The van der Waals surface area contributed by atoms with E-state index in [-0.39, 0.29) is 17.8 Å². The van der Waals surface area contributed by atoms with E-state index in [0.29, 0.717) is 36.9 Å². The second kappa shape index (κ2) is 11.9. The van der Waals surface area contributed by atoms with Crippen LogP contribution in [0.15, 0.2) is 48.5 Å². The number of nitrogens with one attached hydrogen (secondary N) is 1. The van der Waals surface area contributed by atoms with Gasteiger partial charge in [-0.15, -0.1) is 0 Å². The largest absolute Gasteiger partial charge is 0.337 e. The zero-order chi connectivity index (χ0) is 29.4. The van der Waals surface area contributed by atoms with Crippen LogP contribution in [-0.2, 0) is 17.8 Å². The standard InChI is InChI=1S/C33H41FN6O2/c1-22-5-9-26(10-6-22)36-33(42)39(27-11-7-25(34)8-12-27)17-4-16-38-28-13-14-29(38)20-30(19-28)40-23(2)35-31-21-37(24(3)41)18-15-32(31)40/h5-12,28-30H,4,13-21H2,1-3H3,(H,36,42)/t28-,29+,30?. The van der Waals surface area contributed by atoms with E-state index in [2.05, 4.69) is 21.7 Å². The number of hydrogen-bond acceptors (Lipinski definition) is 4. The fraction of sp³-hybridized carbons (Fsp3) is 0.485. The quantitative estimate of drug-likeness (QED) is 0.386. The third-order valence-corrected chi connectivity index (χ3v) is 9.38. The van der Waals surface area contributed by atoms with Crippen LogP contribution in [0.1, 0.15) is 67.8 Å². The molecule has 4 heterocycles. The zero-order valence-corrected chi connectivity index (χ0v) is 24.9. The molecule has 0 saturated carbocycles. The Morgan fingerprint density at radius 2 is 1.69 bits per heavy atom. The number of anilines is 2. The molecule has 9 heteroatoms. The normalized spacial score (nSPS) is 21.7. The number of nitrogens with zero attached hydrogens (tertiary/aromatic N) is 5. The van der Waals surface area contributed by atoms with Gasteiger partial charge in [0.1, 0.15) is 11.6 Å². The van der Waals surface area contributed by atoms with Crippen molar-refractivity contribution in [3.05, 3.63) is 77.1 Å². The Hall–Kier alpha value is -3.72. The molecule has 3 aliphatic rings. The molecule has 2 aromatic carbocycles. The van der Waals surface area contributed by atoms with Crippen molar-refractivity contribution in [1.82, 2.24) is 19.4 Å². The van der Waals surface area contributed by atoms with Gasteiger partial charge in [0, 0.05) is 68.2 Å². The summed E-state index contributed by atoms with van der Waals surface area (Å²) >= 11 is 0. The summed E-state index contributed by atoms with van der Waals surface area (Å²) in [5, 5.41) is 3.01. The lowest BCUT2D eigenvalue weighted by molar-refractivity contribution is -0.129. The molecule has 0 aliphatic carbocycles. The van der Waals surface area contributed by atoms with Crippen molar-refractivity contribution in [2.24, 2.45) is 0 Å². The van der Waals surface area contributed by atoms with E-state index in [1.807, 2.05) is 36.1 Å². The fourth-order valence-electron chi connectivity index (χ4n) is 7.32. The van der Waals surface area contributed by atoms with E-state index < -0.39 is 0 Å². The van der Waals surface area contributed by atoms with Crippen molar-refractivity contribution in [2.45, 2.75) is 84.0 Å². The fourth-order valence-corrected chi connectivity index (χ4v) is 7.32. The average Bonchev–Trinajstić information content (AvgIpc) is 3.42. The van der Waals surface area contributed by atoms with Crippen molar-refractivity contribution in [3.8, 4) is 0 Å². The Labute approximate surface area is 247 Å². The van der Waals surface area contributed by atoms with Gasteiger partial charge in [0.2, 0.25) is 5.91 Å². The highest BCUT2D eigenvalue weighted by molar-refractivity contribution is 6.01. The van der Waals surface area contributed by atoms with Gasteiger partial charge < -0.3 is 14.8 Å². The maximum Gasteiger partial charge on any atom is 0.326 e. The highest BCUT2D eigenvalue weighted by atomic mass is 19.1. The minimum atomic E-state index is -0.317. The molecule has 3 aliphatic heterocycles. The van der Waals surface area contributed by atoms with Crippen LogP contribution in [0, 0.1) is 19.7 Å². The Kier molecular flexibility index (Phi) is 8.03. The summed E-state index contributed by atoms with van der Waals surface area (Å²) in [4.78, 5) is 36.5. The first-order valence-electron chi connectivity index (χ1n) is 15.3. The van der Waals surface area contributed by atoms with E-state index in [1.165, 1.54) is 30.7 Å². The van der Waals surface area contributed by atoms with Crippen LogP contribution >= 0.6 is 0 Å². The molecular formula is C33H41FN6O2. The topological polar surface area (TPSA) is 73.7 Å². The first kappa shape index (κ1) is 28.4. The van der Waals surface area contributed by atoms with Crippen LogP contribution in [0.2, 0.25) is 0 Å². The Morgan fingerprint density at radius 1 is 1.00 bits per heavy atom. The van der Waals surface area contributed by atoms with Crippen LogP contribution in [0.3, 0.4) is 0 Å². The Morgan fingerprint density at radius 3 is 2.36 bits per heavy atom. The molecule has 1 unspecified atom stereocenters. The number of benzene rings is 2. The molecule has 3 amide bonds. The number of amides is 3. The molecule has 3 aromatic rings. The van der Waals surface area contributed by atoms with Crippen molar-refractivity contribution in [2.75, 3.05) is 29.9 Å². The lowest BCUT2D eigenvalue weighted by Crippen LogP contribution is -2.45. The highest BCUT2D eigenvalue weighted by Crippen LogP contribution is 2.42. The summed E-state index contributed by atoms with van der Waals surface area (Å²) < 4.78 is 16.2. The van der Waals surface area contributed by atoms with Crippen LogP contribution in [-0.4, -0.2) is 63.0 Å². The summed E-state index contributed by atoms with van der Waals surface area (Å²) in [5.74, 6) is 0.866. The van der Waals surface area contributed by atoms with Crippen LogP contribution in [0.5, 0.6) is 0 Å². The number of halogens is 1. The van der Waals surface area contributed by atoms with Crippen molar-refractivity contribution in [3.63, 3.8) is 0 Å². The van der Waals surface area contributed by atoms with Crippen LogP contribution in [0.25, 0.3) is 0 Å². The third-order valence-electron chi connectivity index (χ3n) is 9.38. The Bertz CT molecular complexity index is 1420. The summed E-state index contributed by atoms with van der Waals surface area (Å²) in [5.41, 5.74) is 4.94. The highest BCUT2D eigenvalue weighted by Gasteiger charge is 2.42. The molecule has 1 aromatic heterocycles. The number of urea groups is 1. The van der Waals surface area contributed by atoms with Gasteiger partial charge in [-0.2, -0.15) is 0 Å². The molecular weight excluding hydrogens is 531 g/mol. The van der Waals surface area contributed by atoms with E-state index in [4.69, 9.17) is 4.98 Å². The maximum absolute atomic E-state index is 13.7. The molecule has 2 bridgehead atoms. The van der Waals surface area contributed by atoms with Gasteiger partial charge in [-0.3, -0.25) is 14.6 Å². The molecule has 0 spiro atoms. The predicted octanol–water partition coefficient (Wildman–Crippen LogP) is 5.84. The number of aromatic nitrogens is 2. The second-order valence-corrected chi connectivity index (χ2v) is 12.1. The van der Waals surface area contributed by atoms with E-state index >= 15 is 0 Å². The number of aryl methyl sites for hydroxylation is 2.